The highest BCUT2D eigenvalue weighted by atomic mass is 16.6. The molecule has 3 nitrogen and oxygen atoms in total. The molecular weight excluding hydrogens is 152 g/mol. The molecule has 0 saturated carbocycles. The largest absolute Gasteiger partial charge is 0.368 e. The van der Waals surface area contributed by atoms with Crippen LogP contribution in [0.15, 0.2) is 6.20 Å². The molecule has 1 aliphatic heterocycles. The van der Waals surface area contributed by atoms with Crippen molar-refractivity contribution < 1.29 is 4.74 Å². The number of nitrogens with zero attached hydrogens (tertiary/aromatic N) is 1. The number of ether oxygens (including phenoxy) is 1. The van der Waals surface area contributed by atoms with E-state index in [4.69, 9.17) is 4.74 Å². The number of aromatic amines is 1. The van der Waals surface area contributed by atoms with Crippen LogP contribution in [0, 0.1) is 0 Å². The first-order valence-corrected chi connectivity index (χ1v) is 4.24. The van der Waals surface area contributed by atoms with Crippen molar-refractivity contribution in [1.82, 2.24) is 10.2 Å². The first-order chi connectivity index (χ1) is 5.59. The molecule has 0 unspecified atom stereocenters. The lowest BCUT2D eigenvalue weighted by Crippen LogP contribution is -2.14. The molecule has 66 valence electrons. The third kappa shape index (κ3) is 1.25. The molecule has 1 atom stereocenters. The summed E-state index contributed by atoms with van der Waals surface area (Å²) in [6, 6.07) is 0. The fourth-order valence-corrected chi connectivity index (χ4v) is 1.37. The van der Waals surface area contributed by atoms with Gasteiger partial charge in [0.2, 0.25) is 0 Å². The molecule has 0 spiro atoms. The van der Waals surface area contributed by atoms with Crippen molar-refractivity contribution in [2.75, 3.05) is 6.61 Å². The molecule has 1 N–H and O–H groups in total. The summed E-state index contributed by atoms with van der Waals surface area (Å²) in [5.74, 6) is 0. The van der Waals surface area contributed by atoms with Crippen LogP contribution < -0.4 is 0 Å². The second-order valence-corrected chi connectivity index (χ2v) is 4.27. The van der Waals surface area contributed by atoms with Crippen molar-refractivity contribution >= 4 is 0 Å². The van der Waals surface area contributed by atoms with Gasteiger partial charge in [0.05, 0.1) is 12.8 Å². The first-order valence-electron chi connectivity index (χ1n) is 4.24. The maximum Gasteiger partial charge on any atom is 0.109 e. The molecule has 2 rings (SSSR count). The zero-order valence-electron chi connectivity index (χ0n) is 7.72. The van der Waals surface area contributed by atoms with Crippen LogP contribution in [-0.2, 0) is 10.2 Å². The Balaban J connectivity index is 2.36. The van der Waals surface area contributed by atoms with Gasteiger partial charge in [0.25, 0.3) is 0 Å². The van der Waals surface area contributed by atoms with Gasteiger partial charge in [-0.1, -0.05) is 20.8 Å². The van der Waals surface area contributed by atoms with Gasteiger partial charge in [-0.25, -0.2) is 0 Å². The van der Waals surface area contributed by atoms with Crippen molar-refractivity contribution in [2.45, 2.75) is 32.3 Å². The molecule has 1 aliphatic rings. The van der Waals surface area contributed by atoms with Crippen LogP contribution in [0.25, 0.3) is 0 Å². The third-order valence-electron chi connectivity index (χ3n) is 2.10. The van der Waals surface area contributed by atoms with Gasteiger partial charge in [-0.3, -0.25) is 5.10 Å². The van der Waals surface area contributed by atoms with Crippen LogP contribution in [0.2, 0.25) is 0 Å². The molecular formula is C9H14N2O. The molecule has 0 radical (unpaired) electrons. The van der Waals surface area contributed by atoms with Crippen LogP contribution >= 0.6 is 0 Å². The van der Waals surface area contributed by atoms with E-state index in [2.05, 4.69) is 31.0 Å². The van der Waals surface area contributed by atoms with E-state index in [-0.39, 0.29) is 5.41 Å². The minimum atomic E-state index is 0.137. The Hall–Kier alpha value is -0.830. The molecule has 3 heteroatoms. The predicted octanol–water partition coefficient (Wildman–Crippen LogP) is 1.78. The normalized spacial score (nSPS) is 22.8. The second kappa shape index (κ2) is 2.33. The Kier molecular flexibility index (Phi) is 1.51. The van der Waals surface area contributed by atoms with Crippen LogP contribution in [0.4, 0.5) is 0 Å². The van der Waals surface area contributed by atoms with Crippen molar-refractivity contribution in [1.29, 1.82) is 0 Å². The third-order valence-corrected chi connectivity index (χ3v) is 2.10. The molecule has 0 aromatic carbocycles. The SMILES string of the molecule is CC(C)(C)c1[nH]ncc1[C@H]1CO1. The molecule has 1 saturated heterocycles. The zero-order valence-corrected chi connectivity index (χ0v) is 7.72. The van der Waals surface area contributed by atoms with Gasteiger partial charge in [-0.05, 0) is 0 Å². The van der Waals surface area contributed by atoms with Gasteiger partial charge in [0.1, 0.15) is 6.10 Å². The number of hydrogen-bond donors (Lipinski definition) is 1. The van der Waals surface area contributed by atoms with E-state index in [1.54, 1.807) is 0 Å². The van der Waals surface area contributed by atoms with Crippen molar-refractivity contribution in [3.8, 4) is 0 Å². The Labute approximate surface area is 72.1 Å². The van der Waals surface area contributed by atoms with Gasteiger partial charge in [0.15, 0.2) is 0 Å². The van der Waals surface area contributed by atoms with E-state index in [1.807, 2.05) is 6.20 Å². The molecule has 2 heterocycles. The fourth-order valence-electron chi connectivity index (χ4n) is 1.37. The van der Waals surface area contributed by atoms with E-state index < -0.39 is 0 Å². The van der Waals surface area contributed by atoms with Crippen molar-refractivity contribution in [2.24, 2.45) is 0 Å². The number of epoxide rings is 1. The Bertz CT molecular complexity index is 281. The Morgan fingerprint density at radius 1 is 1.58 bits per heavy atom. The smallest absolute Gasteiger partial charge is 0.109 e. The Morgan fingerprint density at radius 2 is 2.25 bits per heavy atom. The van der Waals surface area contributed by atoms with E-state index in [1.165, 1.54) is 11.3 Å². The van der Waals surface area contributed by atoms with Crippen LogP contribution in [0.1, 0.15) is 38.1 Å². The molecule has 0 amide bonds. The van der Waals surface area contributed by atoms with Gasteiger partial charge in [-0.2, -0.15) is 5.10 Å². The summed E-state index contributed by atoms with van der Waals surface area (Å²) in [5.41, 5.74) is 2.56. The van der Waals surface area contributed by atoms with E-state index in [9.17, 15) is 0 Å². The lowest BCUT2D eigenvalue weighted by atomic mass is 9.89. The average molecular weight is 166 g/mol. The Morgan fingerprint density at radius 3 is 2.75 bits per heavy atom. The van der Waals surface area contributed by atoms with Gasteiger partial charge in [-0.15, -0.1) is 0 Å². The fraction of sp³-hybridized carbons (Fsp3) is 0.667. The van der Waals surface area contributed by atoms with Gasteiger partial charge < -0.3 is 4.74 Å². The van der Waals surface area contributed by atoms with Crippen LogP contribution in [0.3, 0.4) is 0 Å². The quantitative estimate of drug-likeness (QED) is 0.646. The maximum atomic E-state index is 5.23. The summed E-state index contributed by atoms with van der Waals surface area (Å²) in [6.45, 7) is 7.37. The number of H-pyrrole nitrogens is 1. The minimum absolute atomic E-state index is 0.137. The standard InChI is InChI=1S/C9H14N2O/c1-9(2,3)8-6(4-10-11-8)7-5-12-7/h4,7H,5H2,1-3H3,(H,10,11)/t7-/m1/s1. The average Bonchev–Trinajstić information content (AvgIpc) is 2.65. The number of nitrogens with one attached hydrogen (secondary N) is 1. The second-order valence-electron chi connectivity index (χ2n) is 4.27. The summed E-state index contributed by atoms with van der Waals surface area (Å²) >= 11 is 0. The van der Waals surface area contributed by atoms with Crippen molar-refractivity contribution in [3.05, 3.63) is 17.5 Å². The highest BCUT2D eigenvalue weighted by Gasteiger charge is 2.32. The maximum absolute atomic E-state index is 5.23. The number of hydrogen-bond acceptors (Lipinski definition) is 2. The summed E-state index contributed by atoms with van der Waals surface area (Å²) in [4.78, 5) is 0. The van der Waals surface area contributed by atoms with E-state index >= 15 is 0 Å². The summed E-state index contributed by atoms with van der Waals surface area (Å²) in [5, 5.41) is 7.08. The zero-order chi connectivity index (χ0) is 8.77. The van der Waals surface area contributed by atoms with Crippen LogP contribution in [0.5, 0.6) is 0 Å². The summed E-state index contributed by atoms with van der Waals surface area (Å²) < 4.78 is 5.23. The number of aromatic nitrogens is 2. The molecule has 1 aromatic rings. The summed E-state index contributed by atoms with van der Waals surface area (Å²) in [6.07, 6.45) is 2.18. The summed E-state index contributed by atoms with van der Waals surface area (Å²) in [7, 11) is 0. The topological polar surface area (TPSA) is 41.2 Å². The molecule has 1 aromatic heterocycles. The molecule has 0 bridgehead atoms. The molecule has 12 heavy (non-hydrogen) atoms. The van der Waals surface area contributed by atoms with Crippen molar-refractivity contribution in [3.63, 3.8) is 0 Å². The van der Waals surface area contributed by atoms with Gasteiger partial charge >= 0.3 is 0 Å². The number of rotatable bonds is 1. The lowest BCUT2D eigenvalue weighted by molar-refractivity contribution is 0.410. The lowest BCUT2D eigenvalue weighted by Gasteiger charge is -2.17. The first kappa shape index (κ1) is 7.80. The predicted molar refractivity (Wildman–Crippen MR) is 46.0 cm³/mol. The highest BCUT2D eigenvalue weighted by Crippen LogP contribution is 2.35. The van der Waals surface area contributed by atoms with Crippen LogP contribution in [-0.4, -0.2) is 16.8 Å². The highest BCUT2D eigenvalue weighted by molar-refractivity contribution is 5.27. The van der Waals surface area contributed by atoms with E-state index in [0.29, 0.717) is 6.10 Å². The molecule has 1 fully saturated rings. The van der Waals surface area contributed by atoms with E-state index in [0.717, 1.165) is 6.61 Å². The monoisotopic (exact) mass is 166 g/mol. The minimum Gasteiger partial charge on any atom is -0.368 e. The molecule has 0 aliphatic carbocycles. The van der Waals surface area contributed by atoms with Gasteiger partial charge in [0, 0.05) is 16.7 Å².